The molecule has 2 aliphatic heterocycles. The highest BCUT2D eigenvalue weighted by Gasteiger charge is 2.31. The van der Waals surface area contributed by atoms with Crippen LogP contribution in [0.4, 0.5) is 5.69 Å². The van der Waals surface area contributed by atoms with E-state index >= 15 is 0 Å². The van der Waals surface area contributed by atoms with Gasteiger partial charge in [-0.2, -0.15) is 0 Å². The fourth-order valence-corrected chi connectivity index (χ4v) is 5.44. The summed E-state index contributed by atoms with van der Waals surface area (Å²) in [6, 6.07) is 27.7. The number of nitrogens with one attached hydrogen (secondary N) is 1. The Bertz CT molecular complexity index is 1480. The third-order valence-electron chi connectivity index (χ3n) is 7.44. The van der Waals surface area contributed by atoms with E-state index in [0.717, 1.165) is 48.7 Å². The van der Waals surface area contributed by atoms with Crippen molar-refractivity contribution in [1.29, 1.82) is 0 Å². The molecule has 0 atom stereocenters. The molecule has 2 aliphatic rings. The smallest absolute Gasteiger partial charge is 0.334 e. The van der Waals surface area contributed by atoms with Gasteiger partial charge in [0.1, 0.15) is 5.69 Å². The largest absolute Gasteiger partial charge is 0.378 e. The van der Waals surface area contributed by atoms with Crippen molar-refractivity contribution in [3.8, 4) is 16.9 Å². The number of carbonyl (C=O) groups is 1. The number of carbonyl (C=O) groups excluding carboxylic acids is 1. The number of ether oxygens (including phenoxy) is 1. The second kappa shape index (κ2) is 11.3. The van der Waals surface area contributed by atoms with Gasteiger partial charge in [-0.3, -0.25) is 13.9 Å². The lowest BCUT2D eigenvalue weighted by Gasteiger charge is -2.29. The van der Waals surface area contributed by atoms with Crippen LogP contribution in [0.5, 0.6) is 0 Å². The number of amides is 1. The maximum absolute atomic E-state index is 14.4. The molecule has 8 nitrogen and oxygen atoms in total. The molecule has 1 N–H and O–H groups in total. The van der Waals surface area contributed by atoms with Crippen molar-refractivity contribution < 1.29 is 9.53 Å². The maximum Gasteiger partial charge on any atom is 0.334 e. The van der Waals surface area contributed by atoms with E-state index in [1.54, 1.807) is 9.13 Å². The molecule has 0 radical (unpaired) electrons. The molecule has 6 rings (SSSR count). The summed E-state index contributed by atoms with van der Waals surface area (Å²) < 4.78 is 8.92. The summed E-state index contributed by atoms with van der Waals surface area (Å²) >= 11 is 0. The lowest BCUT2D eigenvalue weighted by atomic mass is 10.1. The quantitative estimate of drug-likeness (QED) is 0.420. The van der Waals surface area contributed by atoms with Crippen molar-refractivity contribution in [3.63, 3.8) is 0 Å². The Kier molecular flexibility index (Phi) is 7.29. The fraction of sp³-hybridized carbons (Fsp3) is 0.290. The molecule has 0 spiro atoms. The Balaban J connectivity index is 1.57. The van der Waals surface area contributed by atoms with Crippen LogP contribution < -0.4 is 15.9 Å². The first kappa shape index (κ1) is 25.2. The Morgan fingerprint density at radius 2 is 1.46 bits per heavy atom. The minimum absolute atomic E-state index is 0.119. The molecule has 2 saturated heterocycles. The van der Waals surface area contributed by atoms with Crippen molar-refractivity contribution in [2.75, 3.05) is 57.4 Å². The maximum atomic E-state index is 14.4. The summed E-state index contributed by atoms with van der Waals surface area (Å²) in [4.78, 5) is 32.7. The number of anilines is 1. The van der Waals surface area contributed by atoms with E-state index < -0.39 is 0 Å². The van der Waals surface area contributed by atoms with Crippen LogP contribution in [-0.4, -0.2) is 72.4 Å². The molecule has 2 fully saturated rings. The molecular weight excluding hydrogens is 490 g/mol. The second-order valence-corrected chi connectivity index (χ2v) is 9.91. The monoisotopic (exact) mass is 523 g/mol. The predicted molar refractivity (Wildman–Crippen MR) is 153 cm³/mol. The number of hydrogen-bond acceptors (Lipinski definition) is 5. The first-order chi connectivity index (χ1) is 19.2. The lowest BCUT2D eigenvalue weighted by Crippen LogP contribution is -2.47. The molecule has 3 aromatic carbocycles. The van der Waals surface area contributed by atoms with Gasteiger partial charge in [0, 0.05) is 50.5 Å². The predicted octanol–water partition coefficient (Wildman–Crippen LogP) is 3.24. The van der Waals surface area contributed by atoms with Gasteiger partial charge in [-0.1, -0.05) is 66.7 Å². The van der Waals surface area contributed by atoms with E-state index in [4.69, 9.17) is 4.74 Å². The lowest BCUT2D eigenvalue weighted by molar-refractivity contribution is 0.0725. The number of morpholine rings is 1. The highest BCUT2D eigenvalue weighted by molar-refractivity contribution is 5.99. The average Bonchev–Trinajstić information content (AvgIpc) is 3.30. The Labute approximate surface area is 228 Å². The first-order valence-corrected chi connectivity index (χ1v) is 13.6. The van der Waals surface area contributed by atoms with Crippen LogP contribution in [0.25, 0.3) is 16.9 Å². The third kappa shape index (κ3) is 5.13. The molecule has 1 amide bonds. The van der Waals surface area contributed by atoms with Crippen molar-refractivity contribution >= 4 is 11.6 Å². The minimum atomic E-state index is -0.227. The highest BCUT2D eigenvalue weighted by atomic mass is 16.5. The van der Waals surface area contributed by atoms with Crippen LogP contribution in [-0.2, 0) is 11.3 Å². The second-order valence-electron chi connectivity index (χ2n) is 9.91. The molecule has 4 aromatic rings. The number of benzene rings is 3. The van der Waals surface area contributed by atoms with Crippen LogP contribution >= 0.6 is 0 Å². The zero-order valence-electron chi connectivity index (χ0n) is 22.0. The van der Waals surface area contributed by atoms with Gasteiger partial charge in [0.15, 0.2) is 0 Å². The Hall–Kier alpha value is -4.14. The van der Waals surface area contributed by atoms with E-state index in [1.807, 2.05) is 83.8 Å². The zero-order valence-corrected chi connectivity index (χ0v) is 22.0. The van der Waals surface area contributed by atoms with E-state index in [0.29, 0.717) is 44.2 Å². The zero-order chi connectivity index (χ0) is 26.6. The SMILES string of the molecule is O=C(c1c(-c2ccccc2)n(-c2cccc(N3CCOCC3)c2)c(=O)n1Cc1ccccc1)N1CCNCC1. The number of aromatic nitrogens is 2. The highest BCUT2D eigenvalue weighted by Crippen LogP contribution is 2.30. The van der Waals surface area contributed by atoms with Gasteiger partial charge in [-0.05, 0) is 23.8 Å². The summed E-state index contributed by atoms with van der Waals surface area (Å²) in [5, 5.41) is 3.32. The Morgan fingerprint density at radius 3 is 2.18 bits per heavy atom. The first-order valence-electron chi connectivity index (χ1n) is 13.6. The summed E-state index contributed by atoms with van der Waals surface area (Å²) in [5.41, 5.74) is 4.39. The third-order valence-corrected chi connectivity index (χ3v) is 7.44. The number of nitrogens with zero attached hydrogens (tertiary/aromatic N) is 4. The molecule has 39 heavy (non-hydrogen) atoms. The van der Waals surface area contributed by atoms with Crippen LogP contribution in [0.1, 0.15) is 16.1 Å². The van der Waals surface area contributed by atoms with Crippen molar-refractivity contribution in [2.45, 2.75) is 6.54 Å². The van der Waals surface area contributed by atoms with E-state index in [2.05, 4.69) is 16.3 Å². The van der Waals surface area contributed by atoms with Gasteiger partial charge in [-0.15, -0.1) is 0 Å². The minimum Gasteiger partial charge on any atom is -0.378 e. The van der Waals surface area contributed by atoms with Gasteiger partial charge in [-0.25, -0.2) is 4.79 Å². The van der Waals surface area contributed by atoms with Gasteiger partial charge in [0.2, 0.25) is 0 Å². The Morgan fingerprint density at radius 1 is 0.795 bits per heavy atom. The molecular formula is C31H33N5O3. The van der Waals surface area contributed by atoms with Crippen LogP contribution in [0.2, 0.25) is 0 Å². The molecule has 0 aliphatic carbocycles. The van der Waals surface area contributed by atoms with Gasteiger partial charge in [0.05, 0.1) is 31.1 Å². The average molecular weight is 524 g/mol. The fourth-order valence-electron chi connectivity index (χ4n) is 5.44. The van der Waals surface area contributed by atoms with E-state index in [9.17, 15) is 9.59 Å². The van der Waals surface area contributed by atoms with Crippen molar-refractivity contribution in [2.24, 2.45) is 0 Å². The summed E-state index contributed by atoms with van der Waals surface area (Å²) in [6.07, 6.45) is 0. The van der Waals surface area contributed by atoms with Gasteiger partial charge >= 0.3 is 5.69 Å². The molecule has 1 aromatic heterocycles. The molecule has 200 valence electrons. The van der Waals surface area contributed by atoms with Crippen LogP contribution in [0.15, 0.2) is 89.7 Å². The normalized spacial score (nSPS) is 15.9. The summed E-state index contributed by atoms with van der Waals surface area (Å²) in [5.74, 6) is -0.119. The molecule has 8 heteroatoms. The number of imidazole rings is 1. The number of hydrogen-bond donors (Lipinski definition) is 1. The number of rotatable bonds is 6. The molecule has 3 heterocycles. The van der Waals surface area contributed by atoms with Crippen LogP contribution in [0, 0.1) is 0 Å². The van der Waals surface area contributed by atoms with Gasteiger partial charge < -0.3 is 19.9 Å². The molecule has 0 bridgehead atoms. The summed E-state index contributed by atoms with van der Waals surface area (Å²) in [6.45, 7) is 5.93. The molecule has 0 unspecified atom stereocenters. The van der Waals surface area contributed by atoms with Crippen molar-refractivity contribution in [1.82, 2.24) is 19.4 Å². The van der Waals surface area contributed by atoms with Crippen molar-refractivity contribution in [3.05, 3.63) is 107 Å². The molecule has 0 saturated carbocycles. The number of piperazine rings is 1. The van der Waals surface area contributed by atoms with Crippen LogP contribution in [0.3, 0.4) is 0 Å². The summed E-state index contributed by atoms with van der Waals surface area (Å²) in [7, 11) is 0. The topological polar surface area (TPSA) is 71.7 Å². The van der Waals surface area contributed by atoms with E-state index in [1.165, 1.54) is 0 Å². The van der Waals surface area contributed by atoms with Gasteiger partial charge in [0.25, 0.3) is 5.91 Å². The standard InChI is InChI=1S/C31H33N5O3/c37-30(34-16-14-32-15-17-34)29-28(25-10-5-2-6-11-25)36(31(38)35(29)23-24-8-3-1-4-9-24)27-13-7-12-26(22-27)33-18-20-39-21-19-33/h1-13,22,32H,14-21,23H2. The van der Waals surface area contributed by atoms with E-state index in [-0.39, 0.29) is 11.6 Å².